The summed E-state index contributed by atoms with van der Waals surface area (Å²) in [6, 6.07) is 7.76. The van der Waals surface area contributed by atoms with Gasteiger partial charge in [0.15, 0.2) is 5.13 Å². The number of aryl methyl sites for hydroxylation is 2. The maximum Gasteiger partial charge on any atom is 0.311 e. The van der Waals surface area contributed by atoms with Crippen LogP contribution >= 0.6 is 11.3 Å². The Morgan fingerprint density at radius 2 is 2.00 bits per heavy atom. The second-order valence-corrected chi connectivity index (χ2v) is 6.90. The zero-order valence-corrected chi connectivity index (χ0v) is 16.4. The van der Waals surface area contributed by atoms with Gasteiger partial charge in [-0.1, -0.05) is 17.7 Å². The molecule has 28 heavy (non-hydrogen) atoms. The molecule has 1 aromatic carbocycles. The van der Waals surface area contributed by atoms with Gasteiger partial charge in [0.2, 0.25) is 17.7 Å². The molecule has 1 N–H and O–H groups in total. The number of aromatic nitrogens is 3. The molecule has 146 valence electrons. The zero-order chi connectivity index (χ0) is 19.9. The van der Waals surface area contributed by atoms with E-state index in [1.54, 1.807) is 12.3 Å². The lowest BCUT2D eigenvalue weighted by molar-refractivity contribution is -0.142. The Labute approximate surface area is 166 Å². The van der Waals surface area contributed by atoms with Crippen molar-refractivity contribution in [2.45, 2.75) is 33.1 Å². The van der Waals surface area contributed by atoms with Crippen molar-refractivity contribution >= 4 is 28.3 Å². The molecule has 9 heteroatoms. The quantitative estimate of drug-likeness (QED) is 0.579. The highest BCUT2D eigenvalue weighted by Crippen LogP contribution is 2.19. The van der Waals surface area contributed by atoms with Crippen LogP contribution in [0, 0.1) is 6.92 Å². The molecule has 0 saturated heterocycles. The standard InChI is InChI=1S/C19H20N4O4S/c1-3-26-17(25)10-14-11-28-19(20-14)21-15(24)8-9-16-22-23-18(27-16)13-6-4-12(2)5-7-13/h4-7,11H,3,8-10H2,1-2H3,(H,20,21,24). The van der Waals surface area contributed by atoms with E-state index in [2.05, 4.69) is 20.5 Å². The van der Waals surface area contributed by atoms with E-state index in [0.717, 1.165) is 11.1 Å². The second kappa shape index (κ2) is 9.23. The van der Waals surface area contributed by atoms with Crippen LogP contribution in [0.2, 0.25) is 0 Å². The van der Waals surface area contributed by atoms with Crippen LogP contribution in [0.3, 0.4) is 0 Å². The molecule has 0 aliphatic rings. The summed E-state index contributed by atoms with van der Waals surface area (Å²) in [6.07, 6.45) is 0.595. The lowest BCUT2D eigenvalue weighted by Crippen LogP contribution is -2.12. The molecule has 0 aliphatic carbocycles. The molecule has 0 bridgehead atoms. The maximum absolute atomic E-state index is 12.1. The first-order valence-electron chi connectivity index (χ1n) is 8.82. The molecule has 0 unspecified atom stereocenters. The van der Waals surface area contributed by atoms with Gasteiger partial charge >= 0.3 is 5.97 Å². The Morgan fingerprint density at radius 3 is 2.75 bits per heavy atom. The summed E-state index contributed by atoms with van der Waals surface area (Å²) >= 11 is 1.26. The SMILES string of the molecule is CCOC(=O)Cc1csc(NC(=O)CCc2nnc(-c3ccc(C)cc3)o2)n1. The number of ether oxygens (including phenoxy) is 1. The Balaban J connectivity index is 1.49. The van der Waals surface area contributed by atoms with Crippen LogP contribution < -0.4 is 5.32 Å². The first-order chi connectivity index (χ1) is 13.5. The summed E-state index contributed by atoms with van der Waals surface area (Å²) in [5.74, 6) is 0.269. The molecule has 3 aromatic rings. The number of carbonyl (C=O) groups excluding carboxylic acids is 2. The minimum absolute atomic E-state index is 0.0873. The number of nitrogens with one attached hydrogen (secondary N) is 1. The molecule has 0 spiro atoms. The molecule has 1 amide bonds. The molecule has 0 saturated carbocycles. The normalized spacial score (nSPS) is 10.6. The second-order valence-electron chi connectivity index (χ2n) is 6.04. The van der Waals surface area contributed by atoms with Crippen molar-refractivity contribution in [2.75, 3.05) is 11.9 Å². The third-order valence-electron chi connectivity index (χ3n) is 3.76. The van der Waals surface area contributed by atoms with Crippen molar-refractivity contribution in [3.8, 4) is 11.5 Å². The van der Waals surface area contributed by atoms with Gasteiger partial charge in [0.05, 0.1) is 18.7 Å². The van der Waals surface area contributed by atoms with Gasteiger partial charge in [0.25, 0.3) is 0 Å². The fourth-order valence-electron chi connectivity index (χ4n) is 2.38. The Morgan fingerprint density at radius 1 is 1.21 bits per heavy atom. The van der Waals surface area contributed by atoms with Crippen molar-refractivity contribution < 1.29 is 18.7 Å². The van der Waals surface area contributed by atoms with Gasteiger partial charge in [-0.05, 0) is 26.0 Å². The summed E-state index contributed by atoms with van der Waals surface area (Å²) < 4.78 is 10.5. The summed E-state index contributed by atoms with van der Waals surface area (Å²) in [7, 11) is 0. The minimum Gasteiger partial charge on any atom is -0.466 e. The monoisotopic (exact) mass is 400 g/mol. The summed E-state index contributed by atoms with van der Waals surface area (Å²) in [5.41, 5.74) is 2.55. The average molecular weight is 400 g/mol. The molecular formula is C19H20N4O4S. The molecule has 0 fully saturated rings. The largest absolute Gasteiger partial charge is 0.466 e. The highest BCUT2D eigenvalue weighted by Gasteiger charge is 2.13. The van der Waals surface area contributed by atoms with Crippen LogP contribution in [0.5, 0.6) is 0 Å². The third-order valence-corrected chi connectivity index (χ3v) is 4.57. The van der Waals surface area contributed by atoms with Crippen molar-refractivity contribution in [1.29, 1.82) is 0 Å². The lowest BCUT2D eigenvalue weighted by atomic mass is 10.1. The molecule has 8 nitrogen and oxygen atoms in total. The van der Waals surface area contributed by atoms with E-state index in [4.69, 9.17) is 9.15 Å². The smallest absolute Gasteiger partial charge is 0.311 e. The minimum atomic E-state index is -0.341. The van der Waals surface area contributed by atoms with Gasteiger partial charge in [0.1, 0.15) is 0 Å². The number of benzene rings is 1. The number of rotatable bonds is 8. The van der Waals surface area contributed by atoms with Crippen molar-refractivity contribution in [3.63, 3.8) is 0 Å². The van der Waals surface area contributed by atoms with Gasteiger partial charge in [-0.15, -0.1) is 21.5 Å². The number of anilines is 1. The molecule has 0 radical (unpaired) electrons. The maximum atomic E-state index is 12.1. The van der Waals surface area contributed by atoms with Crippen LogP contribution in [-0.4, -0.2) is 33.7 Å². The number of thiazole rings is 1. The Kier molecular flexibility index (Phi) is 6.49. The van der Waals surface area contributed by atoms with E-state index in [1.165, 1.54) is 11.3 Å². The van der Waals surface area contributed by atoms with Crippen LogP contribution in [-0.2, 0) is 27.2 Å². The third kappa shape index (κ3) is 5.46. The average Bonchev–Trinajstić information content (AvgIpc) is 3.30. The van der Waals surface area contributed by atoms with Gasteiger partial charge < -0.3 is 14.5 Å². The number of carbonyl (C=O) groups is 2. The Bertz CT molecular complexity index is 949. The van der Waals surface area contributed by atoms with E-state index >= 15 is 0 Å². The number of nitrogens with zero attached hydrogens (tertiary/aromatic N) is 3. The highest BCUT2D eigenvalue weighted by molar-refractivity contribution is 7.13. The summed E-state index contributed by atoms with van der Waals surface area (Å²) in [6.45, 7) is 4.08. The number of amides is 1. The van der Waals surface area contributed by atoms with Gasteiger partial charge in [-0.2, -0.15) is 0 Å². The fourth-order valence-corrected chi connectivity index (χ4v) is 3.10. The first-order valence-corrected chi connectivity index (χ1v) is 9.70. The molecular weight excluding hydrogens is 380 g/mol. The highest BCUT2D eigenvalue weighted by atomic mass is 32.1. The number of esters is 1. The van der Waals surface area contributed by atoms with Gasteiger partial charge in [-0.25, -0.2) is 4.98 Å². The van der Waals surface area contributed by atoms with Crippen LogP contribution in [0.1, 0.15) is 30.5 Å². The first kappa shape index (κ1) is 19.7. The Hall–Kier alpha value is -3.07. The molecule has 2 aromatic heterocycles. The van der Waals surface area contributed by atoms with Crippen molar-refractivity contribution in [3.05, 3.63) is 46.8 Å². The number of hydrogen-bond donors (Lipinski definition) is 1. The summed E-state index contributed by atoms with van der Waals surface area (Å²) in [5, 5.41) is 12.9. The predicted molar refractivity (Wildman–Crippen MR) is 104 cm³/mol. The van der Waals surface area contributed by atoms with Crippen LogP contribution in [0.4, 0.5) is 5.13 Å². The van der Waals surface area contributed by atoms with Crippen molar-refractivity contribution in [2.24, 2.45) is 0 Å². The van der Waals surface area contributed by atoms with E-state index in [-0.39, 0.29) is 24.7 Å². The lowest BCUT2D eigenvalue weighted by Gasteiger charge is -2.00. The van der Waals surface area contributed by atoms with E-state index in [0.29, 0.717) is 35.6 Å². The van der Waals surface area contributed by atoms with Crippen LogP contribution in [0.15, 0.2) is 34.1 Å². The number of hydrogen-bond acceptors (Lipinski definition) is 8. The fraction of sp³-hybridized carbons (Fsp3) is 0.316. The molecule has 2 heterocycles. The molecule has 0 aliphatic heterocycles. The topological polar surface area (TPSA) is 107 Å². The summed E-state index contributed by atoms with van der Waals surface area (Å²) in [4.78, 5) is 27.8. The van der Waals surface area contributed by atoms with E-state index in [1.807, 2.05) is 31.2 Å². The van der Waals surface area contributed by atoms with Crippen molar-refractivity contribution in [1.82, 2.24) is 15.2 Å². The van der Waals surface area contributed by atoms with Gasteiger partial charge in [-0.3, -0.25) is 9.59 Å². The van der Waals surface area contributed by atoms with E-state index < -0.39 is 0 Å². The zero-order valence-electron chi connectivity index (χ0n) is 15.6. The molecule has 3 rings (SSSR count). The predicted octanol–water partition coefficient (Wildman–Crippen LogP) is 3.18. The van der Waals surface area contributed by atoms with Crippen LogP contribution in [0.25, 0.3) is 11.5 Å². The van der Waals surface area contributed by atoms with Gasteiger partial charge in [0, 0.05) is 23.8 Å². The van der Waals surface area contributed by atoms with E-state index in [9.17, 15) is 9.59 Å². The molecule has 0 atom stereocenters.